The zero-order chi connectivity index (χ0) is 18.6. The molecule has 0 amide bonds. The molecule has 2 aliphatic rings. The Kier molecular flexibility index (Phi) is 7.14. The summed E-state index contributed by atoms with van der Waals surface area (Å²) in [6.45, 7) is 16.4. The average Bonchev–Trinajstić information content (AvgIpc) is 3.22. The van der Waals surface area contributed by atoms with Gasteiger partial charge in [-0.05, 0) is 49.9 Å². The highest BCUT2D eigenvalue weighted by atomic mass is 32.1. The highest BCUT2D eigenvalue weighted by Gasteiger charge is 2.29. The molecule has 1 unspecified atom stereocenters. The minimum atomic E-state index is 0.290. The molecule has 3 rings (SSSR count). The van der Waals surface area contributed by atoms with Gasteiger partial charge in [-0.15, -0.1) is 11.3 Å². The highest BCUT2D eigenvalue weighted by Crippen LogP contribution is 2.25. The first kappa shape index (κ1) is 20.3. The first-order valence-corrected chi connectivity index (χ1v) is 11.1. The van der Waals surface area contributed by atoms with Crippen LogP contribution in [0.5, 0.6) is 0 Å². The van der Waals surface area contributed by atoms with Crippen molar-refractivity contribution >= 4 is 11.3 Å². The second-order valence-corrected chi connectivity index (χ2v) is 10.5. The maximum Gasteiger partial charge on any atom is 0.0446 e. The molecule has 0 spiro atoms. The molecule has 0 radical (unpaired) electrons. The van der Waals surface area contributed by atoms with E-state index in [-0.39, 0.29) is 6.61 Å². The van der Waals surface area contributed by atoms with Gasteiger partial charge in [0.1, 0.15) is 0 Å². The fourth-order valence-corrected chi connectivity index (χ4v) is 5.42. The van der Waals surface area contributed by atoms with Gasteiger partial charge in [0.2, 0.25) is 0 Å². The summed E-state index contributed by atoms with van der Waals surface area (Å²) in [7, 11) is 0. The van der Waals surface area contributed by atoms with E-state index in [9.17, 15) is 5.11 Å². The lowest BCUT2D eigenvalue weighted by Gasteiger charge is -2.43. The number of piperazine rings is 1. The molecule has 3 heterocycles. The van der Waals surface area contributed by atoms with Crippen LogP contribution in [-0.4, -0.2) is 71.7 Å². The summed E-state index contributed by atoms with van der Waals surface area (Å²) < 4.78 is 0. The van der Waals surface area contributed by atoms with Crippen molar-refractivity contribution in [2.45, 2.75) is 59.2 Å². The summed E-state index contributed by atoms with van der Waals surface area (Å²) in [6, 6.07) is 5.15. The van der Waals surface area contributed by atoms with Gasteiger partial charge in [-0.3, -0.25) is 14.7 Å². The molecule has 1 aromatic heterocycles. The fraction of sp³-hybridized carbons (Fsp3) is 0.810. The van der Waals surface area contributed by atoms with E-state index in [0.29, 0.717) is 11.5 Å². The van der Waals surface area contributed by atoms with Crippen LogP contribution in [0.4, 0.5) is 0 Å². The van der Waals surface area contributed by atoms with Crippen LogP contribution in [0.3, 0.4) is 0 Å². The van der Waals surface area contributed by atoms with Crippen molar-refractivity contribution in [1.82, 2.24) is 14.7 Å². The van der Waals surface area contributed by atoms with Crippen molar-refractivity contribution in [3.63, 3.8) is 0 Å². The molecule has 0 bridgehead atoms. The van der Waals surface area contributed by atoms with E-state index in [1.807, 2.05) is 11.3 Å². The molecule has 1 atom stereocenters. The smallest absolute Gasteiger partial charge is 0.0446 e. The van der Waals surface area contributed by atoms with Crippen LogP contribution in [0.1, 0.15) is 49.8 Å². The van der Waals surface area contributed by atoms with Crippen molar-refractivity contribution in [2.75, 3.05) is 45.9 Å². The van der Waals surface area contributed by atoms with Crippen LogP contribution < -0.4 is 0 Å². The lowest BCUT2D eigenvalue weighted by Crippen LogP contribution is -2.54. The third-order valence-corrected chi connectivity index (χ3v) is 6.56. The molecule has 2 aliphatic heterocycles. The van der Waals surface area contributed by atoms with E-state index in [4.69, 9.17) is 0 Å². The number of nitrogens with zero attached hydrogens (tertiary/aromatic N) is 3. The number of likely N-dealkylation sites (tertiary alicyclic amines) is 1. The van der Waals surface area contributed by atoms with Crippen molar-refractivity contribution in [3.05, 3.63) is 21.9 Å². The molecule has 0 saturated carbocycles. The Morgan fingerprint density at radius 2 is 1.65 bits per heavy atom. The Hall–Kier alpha value is -0.460. The highest BCUT2D eigenvalue weighted by molar-refractivity contribution is 7.11. The monoisotopic (exact) mass is 379 g/mol. The number of hydrogen-bond acceptors (Lipinski definition) is 5. The summed E-state index contributed by atoms with van der Waals surface area (Å²) in [4.78, 5) is 10.8. The Labute approximate surface area is 163 Å². The zero-order valence-corrected chi connectivity index (χ0v) is 17.7. The fourth-order valence-electron chi connectivity index (χ4n) is 4.31. The lowest BCUT2D eigenvalue weighted by molar-refractivity contribution is 0.0344. The van der Waals surface area contributed by atoms with Crippen molar-refractivity contribution in [2.24, 2.45) is 5.41 Å². The first-order valence-electron chi connectivity index (χ1n) is 10.3. The minimum absolute atomic E-state index is 0.290. The Bertz CT molecular complexity index is 548. The minimum Gasteiger partial charge on any atom is -0.396 e. The standard InChI is InChI=1S/C21H37N3OS/c1-21(2,3)17-24-12-11-23(14-18(24)8-13-25)16-20-7-6-19(26-20)15-22-9-4-5-10-22/h6-7,18,25H,4-5,8-17H2,1-3H3. The van der Waals surface area contributed by atoms with E-state index in [1.54, 1.807) is 0 Å². The van der Waals surface area contributed by atoms with Crippen LogP contribution in [0.25, 0.3) is 0 Å². The lowest BCUT2D eigenvalue weighted by atomic mass is 9.94. The number of aliphatic hydroxyl groups excluding tert-OH is 1. The van der Waals surface area contributed by atoms with Crippen LogP contribution in [-0.2, 0) is 13.1 Å². The maximum atomic E-state index is 9.50. The number of rotatable bonds is 7. The summed E-state index contributed by atoms with van der Waals surface area (Å²) in [5.41, 5.74) is 0.314. The third-order valence-electron chi connectivity index (χ3n) is 5.50. The largest absolute Gasteiger partial charge is 0.396 e. The Balaban J connectivity index is 1.52. The van der Waals surface area contributed by atoms with Crippen LogP contribution in [0.2, 0.25) is 0 Å². The molecule has 0 aliphatic carbocycles. The van der Waals surface area contributed by atoms with E-state index < -0.39 is 0 Å². The summed E-state index contributed by atoms with van der Waals surface area (Å²) in [6.07, 6.45) is 3.61. The van der Waals surface area contributed by atoms with Crippen molar-refractivity contribution < 1.29 is 5.11 Å². The van der Waals surface area contributed by atoms with Gasteiger partial charge < -0.3 is 5.11 Å². The topological polar surface area (TPSA) is 30.0 Å². The molecule has 4 nitrogen and oxygen atoms in total. The predicted molar refractivity (Wildman–Crippen MR) is 111 cm³/mol. The third kappa shape index (κ3) is 6.03. The number of aliphatic hydroxyl groups is 1. The normalized spacial score (nSPS) is 23.8. The van der Waals surface area contributed by atoms with Crippen LogP contribution in [0, 0.1) is 5.41 Å². The van der Waals surface area contributed by atoms with Gasteiger partial charge in [0.15, 0.2) is 0 Å². The molecule has 1 N–H and O–H groups in total. The van der Waals surface area contributed by atoms with Crippen molar-refractivity contribution in [3.8, 4) is 0 Å². The summed E-state index contributed by atoms with van der Waals surface area (Å²) >= 11 is 1.99. The van der Waals surface area contributed by atoms with Crippen LogP contribution in [0.15, 0.2) is 12.1 Å². The second-order valence-electron chi connectivity index (χ2n) is 9.28. The van der Waals surface area contributed by atoms with Crippen LogP contribution >= 0.6 is 11.3 Å². The molecule has 2 saturated heterocycles. The summed E-state index contributed by atoms with van der Waals surface area (Å²) in [5.74, 6) is 0. The quantitative estimate of drug-likeness (QED) is 0.788. The molecule has 2 fully saturated rings. The number of hydrogen-bond donors (Lipinski definition) is 1. The molecule has 148 valence electrons. The molecule has 0 aromatic carbocycles. The Morgan fingerprint density at radius 1 is 1.00 bits per heavy atom. The zero-order valence-electron chi connectivity index (χ0n) is 16.9. The van der Waals surface area contributed by atoms with Gasteiger partial charge in [-0.1, -0.05) is 20.8 Å². The number of thiophene rings is 1. The van der Waals surface area contributed by atoms with E-state index >= 15 is 0 Å². The molecule has 5 heteroatoms. The molecular formula is C21H37N3OS. The second kappa shape index (κ2) is 9.16. The van der Waals surface area contributed by atoms with Gasteiger partial charge >= 0.3 is 0 Å². The average molecular weight is 380 g/mol. The van der Waals surface area contributed by atoms with Gasteiger partial charge in [-0.2, -0.15) is 0 Å². The summed E-state index contributed by atoms with van der Waals surface area (Å²) in [5, 5.41) is 9.50. The van der Waals surface area contributed by atoms with Gasteiger partial charge in [0, 0.05) is 61.7 Å². The Morgan fingerprint density at radius 3 is 2.27 bits per heavy atom. The van der Waals surface area contributed by atoms with E-state index in [2.05, 4.69) is 47.6 Å². The first-order chi connectivity index (χ1) is 12.4. The molecule has 1 aromatic rings. The van der Waals surface area contributed by atoms with Gasteiger partial charge in [0.25, 0.3) is 0 Å². The molecular weight excluding hydrogens is 342 g/mol. The maximum absolute atomic E-state index is 9.50. The predicted octanol–water partition coefficient (Wildman–Crippen LogP) is 3.26. The van der Waals surface area contributed by atoms with E-state index in [1.165, 1.54) is 35.7 Å². The van der Waals surface area contributed by atoms with Crippen molar-refractivity contribution in [1.29, 1.82) is 0 Å². The SMILES string of the molecule is CC(C)(C)CN1CCN(Cc2ccc(CN3CCCC3)s2)CC1CCO. The molecule has 26 heavy (non-hydrogen) atoms. The van der Waals surface area contributed by atoms with E-state index in [0.717, 1.165) is 45.7 Å². The van der Waals surface area contributed by atoms with Gasteiger partial charge in [-0.25, -0.2) is 0 Å². The van der Waals surface area contributed by atoms with Gasteiger partial charge in [0.05, 0.1) is 0 Å².